The van der Waals surface area contributed by atoms with Crippen LogP contribution in [-0.4, -0.2) is 52.6 Å². The molecular weight excluding hydrogens is 410 g/mol. The monoisotopic (exact) mass is 441 g/mol. The van der Waals surface area contributed by atoms with Crippen LogP contribution in [-0.2, 0) is 9.59 Å². The average molecular weight is 442 g/mol. The Morgan fingerprint density at radius 3 is 2.06 bits per heavy atom. The van der Waals surface area contributed by atoms with Crippen LogP contribution < -0.4 is 0 Å². The van der Waals surface area contributed by atoms with Crippen molar-refractivity contribution in [2.45, 2.75) is 51.0 Å². The van der Waals surface area contributed by atoms with Crippen molar-refractivity contribution in [2.24, 2.45) is 16.8 Å². The molecule has 0 N–H and O–H groups in total. The first kappa shape index (κ1) is 20.6. The van der Waals surface area contributed by atoms with Crippen LogP contribution in [0.25, 0.3) is 11.1 Å². The number of likely N-dealkylation sites (tertiary alicyclic amines) is 1. The van der Waals surface area contributed by atoms with Crippen LogP contribution in [0.1, 0.15) is 49.7 Å². The molecule has 2 saturated carbocycles. The summed E-state index contributed by atoms with van der Waals surface area (Å²) in [7, 11) is 0. The maximum absolute atomic E-state index is 13.3. The van der Waals surface area contributed by atoms with Gasteiger partial charge < -0.3 is 4.90 Å². The molecule has 6 rings (SSSR count). The maximum atomic E-state index is 13.3. The molecule has 4 aliphatic rings. The zero-order valence-corrected chi connectivity index (χ0v) is 19.3. The number of amides is 2. The molecule has 5 heteroatoms. The molecule has 2 aromatic carbocycles. The van der Waals surface area contributed by atoms with E-state index in [2.05, 4.69) is 55.5 Å². The van der Waals surface area contributed by atoms with Gasteiger partial charge in [-0.25, -0.2) is 0 Å². The number of amidine groups is 1. The minimum absolute atomic E-state index is 0.177. The Bertz CT molecular complexity index is 1100. The second-order valence-electron chi connectivity index (χ2n) is 10.4. The second kappa shape index (κ2) is 7.82. The minimum Gasteiger partial charge on any atom is -0.342 e. The number of hydrogen-bond donors (Lipinski definition) is 0. The summed E-state index contributed by atoms with van der Waals surface area (Å²) in [4.78, 5) is 34.6. The first-order chi connectivity index (χ1) is 16.0. The summed E-state index contributed by atoms with van der Waals surface area (Å²) in [6.45, 7) is 4.46. The normalized spacial score (nSPS) is 22.1. The van der Waals surface area contributed by atoms with E-state index < -0.39 is 5.54 Å². The van der Waals surface area contributed by atoms with Crippen molar-refractivity contribution >= 4 is 17.6 Å². The van der Waals surface area contributed by atoms with Crippen LogP contribution in [0.4, 0.5) is 0 Å². The molecule has 3 fully saturated rings. The van der Waals surface area contributed by atoms with Crippen molar-refractivity contribution in [3.8, 4) is 11.1 Å². The van der Waals surface area contributed by atoms with Crippen LogP contribution in [0, 0.1) is 18.8 Å². The smallest absolute Gasteiger partial charge is 0.256 e. The molecule has 2 aromatic rings. The number of nitrogens with zero attached hydrogens (tertiary/aromatic N) is 3. The number of rotatable bonds is 5. The summed E-state index contributed by atoms with van der Waals surface area (Å²) < 4.78 is 0. The van der Waals surface area contributed by atoms with Crippen molar-refractivity contribution in [2.75, 3.05) is 19.6 Å². The third-order valence-electron chi connectivity index (χ3n) is 7.76. The lowest BCUT2D eigenvalue weighted by Gasteiger charge is -2.34. The lowest BCUT2D eigenvalue weighted by Crippen LogP contribution is -2.45. The van der Waals surface area contributed by atoms with Crippen LogP contribution in [0.5, 0.6) is 0 Å². The maximum Gasteiger partial charge on any atom is 0.256 e. The van der Waals surface area contributed by atoms with Gasteiger partial charge in [0.05, 0.1) is 0 Å². The fraction of sp³-hybridized carbons (Fsp3) is 0.464. The Balaban J connectivity index is 1.17. The molecule has 2 amide bonds. The minimum atomic E-state index is -0.492. The van der Waals surface area contributed by atoms with Crippen molar-refractivity contribution in [1.29, 1.82) is 0 Å². The molecule has 0 unspecified atom stereocenters. The quantitative estimate of drug-likeness (QED) is 0.689. The molecule has 5 nitrogen and oxygen atoms in total. The Hall–Kier alpha value is -2.95. The van der Waals surface area contributed by atoms with E-state index in [1.165, 1.54) is 16.7 Å². The molecule has 2 aliphatic heterocycles. The van der Waals surface area contributed by atoms with Gasteiger partial charge in [0.15, 0.2) is 0 Å². The molecule has 1 saturated heterocycles. The summed E-state index contributed by atoms with van der Waals surface area (Å²) in [6.07, 6.45) is 5.78. The zero-order valence-electron chi connectivity index (χ0n) is 19.3. The summed E-state index contributed by atoms with van der Waals surface area (Å²) in [5.74, 6) is 2.07. The molecule has 2 aliphatic carbocycles. The first-order valence-electron chi connectivity index (χ1n) is 12.4. The topological polar surface area (TPSA) is 53.0 Å². The highest BCUT2D eigenvalue weighted by Crippen LogP contribution is 2.46. The van der Waals surface area contributed by atoms with E-state index in [-0.39, 0.29) is 11.8 Å². The van der Waals surface area contributed by atoms with E-state index in [4.69, 9.17) is 4.99 Å². The van der Waals surface area contributed by atoms with Crippen molar-refractivity contribution < 1.29 is 9.59 Å². The summed E-state index contributed by atoms with van der Waals surface area (Å²) >= 11 is 0. The van der Waals surface area contributed by atoms with Gasteiger partial charge in [0.25, 0.3) is 5.91 Å². The van der Waals surface area contributed by atoms with Crippen LogP contribution in [0.3, 0.4) is 0 Å². The lowest BCUT2D eigenvalue weighted by atomic mass is 9.95. The van der Waals surface area contributed by atoms with E-state index >= 15 is 0 Å². The van der Waals surface area contributed by atoms with E-state index in [9.17, 15) is 9.59 Å². The number of hydrogen-bond acceptors (Lipinski definition) is 3. The lowest BCUT2D eigenvalue weighted by molar-refractivity contribution is -0.134. The molecule has 0 atom stereocenters. The van der Waals surface area contributed by atoms with E-state index in [0.717, 1.165) is 63.0 Å². The van der Waals surface area contributed by atoms with Gasteiger partial charge in [-0.15, -0.1) is 0 Å². The van der Waals surface area contributed by atoms with E-state index in [0.29, 0.717) is 18.4 Å². The summed E-state index contributed by atoms with van der Waals surface area (Å²) in [5.41, 5.74) is 4.14. The van der Waals surface area contributed by atoms with Gasteiger partial charge in [-0.3, -0.25) is 19.5 Å². The van der Waals surface area contributed by atoms with Gasteiger partial charge in [-0.1, -0.05) is 54.1 Å². The van der Waals surface area contributed by atoms with Crippen molar-refractivity contribution in [1.82, 2.24) is 9.80 Å². The van der Waals surface area contributed by atoms with E-state index in [1.54, 1.807) is 0 Å². The third kappa shape index (κ3) is 3.88. The predicted octanol–water partition coefficient (Wildman–Crippen LogP) is 4.43. The van der Waals surface area contributed by atoms with Gasteiger partial charge in [-0.2, -0.15) is 0 Å². The molecule has 1 spiro atoms. The fourth-order valence-electron chi connectivity index (χ4n) is 5.23. The Kier molecular flexibility index (Phi) is 4.89. The molecular formula is C28H31N3O2. The number of benzene rings is 2. The highest BCUT2D eigenvalue weighted by Gasteiger charge is 2.57. The molecule has 2 heterocycles. The Labute approximate surface area is 195 Å². The summed E-state index contributed by atoms with van der Waals surface area (Å²) in [6, 6.07) is 17.0. The molecule has 0 radical (unpaired) electrons. The Morgan fingerprint density at radius 2 is 1.48 bits per heavy atom. The number of aliphatic imine (C=N–C) groups is 1. The van der Waals surface area contributed by atoms with Gasteiger partial charge in [0.1, 0.15) is 11.4 Å². The highest BCUT2D eigenvalue weighted by molar-refractivity contribution is 6.16. The number of piperidine rings is 1. The standard InChI is InChI=1S/C28H31N3O2/c1-19-2-4-21(5-3-19)22-6-8-23(9-7-22)25-29-28(14-15-28)27(33)31(25)18-20-12-16-30(17-13-20)26(32)24-10-11-24/h2-9,20,24H,10-18H2,1H3. The third-order valence-corrected chi connectivity index (χ3v) is 7.76. The SMILES string of the molecule is Cc1ccc(-c2ccc(C3=NC4(CC4)C(=O)N3CC3CCN(C(=O)C4CC4)CC3)cc2)cc1. The molecule has 170 valence electrons. The van der Waals surface area contributed by atoms with Crippen molar-refractivity contribution in [3.05, 3.63) is 59.7 Å². The number of carbonyl (C=O) groups is 2. The second-order valence-corrected chi connectivity index (χ2v) is 10.4. The number of aryl methyl sites for hydroxylation is 1. The fourth-order valence-corrected chi connectivity index (χ4v) is 5.23. The van der Waals surface area contributed by atoms with Gasteiger partial charge in [0.2, 0.25) is 5.91 Å². The largest absolute Gasteiger partial charge is 0.342 e. The zero-order chi connectivity index (χ0) is 22.6. The average Bonchev–Trinajstić information content (AvgIpc) is 3.77. The molecule has 0 bridgehead atoms. The Morgan fingerprint density at radius 1 is 0.909 bits per heavy atom. The number of carbonyl (C=O) groups excluding carboxylic acids is 2. The van der Waals surface area contributed by atoms with Gasteiger partial charge >= 0.3 is 0 Å². The van der Waals surface area contributed by atoms with Crippen molar-refractivity contribution in [3.63, 3.8) is 0 Å². The molecule has 0 aromatic heterocycles. The van der Waals surface area contributed by atoms with Gasteiger partial charge in [-0.05, 0) is 62.5 Å². The van der Waals surface area contributed by atoms with Crippen LogP contribution in [0.15, 0.2) is 53.5 Å². The first-order valence-corrected chi connectivity index (χ1v) is 12.4. The highest BCUT2D eigenvalue weighted by atomic mass is 16.2. The predicted molar refractivity (Wildman–Crippen MR) is 129 cm³/mol. The van der Waals surface area contributed by atoms with Crippen LogP contribution >= 0.6 is 0 Å². The van der Waals surface area contributed by atoms with Gasteiger partial charge in [0, 0.05) is 31.1 Å². The summed E-state index contributed by atoms with van der Waals surface area (Å²) in [5, 5.41) is 0. The van der Waals surface area contributed by atoms with E-state index in [1.807, 2.05) is 9.80 Å². The molecule has 33 heavy (non-hydrogen) atoms. The van der Waals surface area contributed by atoms with Crippen LogP contribution in [0.2, 0.25) is 0 Å².